The summed E-state index contributed by atoms with van der Waals surface area (Å²) in [6, 6.07) is 4.90. The minimum atomic E-state index is -1.02. The fourth-order valence-electron chi connectivity index (χ4n) is 5.07. The number of allylic oxidation sites excluding steroid dienone is 1. The van der Waals surface area contributed by atoms with Crippen LogP contribution in [0.4, 0.5) is 8.78 Å². The summed E-state index contributed by atoms with van der Waals surface area (Å²) >= 11 is 0. The zero-order valence-electron chi connectivity index (χ0n) is 16.7. The Morgan fingerprint density at radius 1 is 1.19 bits per heavy atom. The summed E-state index contributed by atoms with van der Waals surface area (Å²) in [7, 11) is 0. The Kier molecular flexibility index (Phi) is 4.63. The van der Waals surface area contributed by atoms with Crippen molar-refractivity contribution in [3.63, 3.8) is 0 Å². The number of nitriles is 1. The third kappa shape index (κ3) is 3.13. The van der Waals surface area contributed by atoms with E-state index in [2.05, 4.69) is 4.99 Å². The summed E-state index contributed by atoms with van der Waals surface area (Å²) in [5.74, 6) is -1.76. The summed E-state index contributed by atoms with van der Waals surface area (Å²) in [4.78, 5) is 33.4. The topological polar surface area (TPSA) is 86.0 Å². The molecule has 4 aliphatic heterocycles. The number of rotatable bonds is 2. The molecule has 4 heterocycles. The van der Waals surface area contributed by atoms with E-state index in [-0.39, 0.29) is 23.9 Å². The maximum absolute atomic E-state index is 13.7. The molecule has 1 spiro atoms. The van der Waals surface area contributed by atoms with E-state index in [1.807, 2.05) is 6.07 Å². The van der Waals surface area contributed by atoms with Crippen LogP contribution in [-0.2, 0) is 14.3 Å². The highest BCUT2D eigenvalue weighted by atomic mass is 19.1. The summed E-state index contributed by atoms with van der Waals surface area (Å²) in [6.07, 6.45) is 2.82. The Hall–Kier alpha value is -3.12. The summed E-state index contributed by atoms with van der Waals surface area (Å²) in [5, 5.41) is 9.14. The molecule has 0 bridgehead atoms. The first-order valence-electron chi connectivity index (χ1n) is 10.3. The third-order valence-corrected chi connectivity index (χ3v) is 6.62. The number of amides is 2. The Balaban J connectivity index is 1.32. The molecule has 0 aromatic heterocycles. The molecule has 4 aliphatic rings. The number of piperidine rings is 1. The van der Waals surface area contributed by atoms with E-state index in [1.54, 1.807) is 9.80 Å². The molecule has 2 atom stereocenters. The van der Waals surface area contributed by atoms with Crippen LogP contribution in [-0.4, -0.2) is 59.3 Å². The van der Waals surface area contributed by atoms with Gasteiger partial charge < -0.3 is 14.5 Å². The number of hydrogen-bond donors (Lipinski definition) is 0. The second kappa shape index (κ2) is 7.24. The Labute approximate surface area is 177 Å². The average molecular weight is 426 g/mol. The number of fused-ring (bicyclic) bond motifs is 1. The van der Waals surface area contributed by atoms with Crippen molar-refractivity contribution >= 4 is 18.0 Å². The van der Waals surface area contributed by atoms with E-state index in [4.69, 9.17) is 10.00 Å². The van der Waals surface area contributed by atoms with Crippen molar-refractivity contribution in [3.05, 3.63) is 46.5 Å². The molecule has 3 saturated heterocycles. The van der Waals surface area contributed by atoms with Crippen LogP contribution in [0.25, 0.3) is 0 Å². The van der Waals surface area contributed by atoms with Crippen LogP contribution >= 0.6 is 0 Å². The lowest BCUT2D eigenvalue weighted by molar-refractivity contribution is -0.147. The number of ether oxygens (including phenoxy) is 1. The van der Waals surface area contributed by atoms with E-state index in [1.165, 1.54) is 18.3 Å². The first-order chi connectivity index (χ1) is 14.9. The van der Waals surface area contributed by atoms with Gasteiger partial charge >= 0.3 is 0 Å². The van der Waals surface area contributed by atoms with Gasteiger partial charge in [0.05, 0.1) is 23.7 Å². The van der Waals surface area contributed by atoms with Crippen LogP contribution in [0.5, 0.6) is 0 Å². The SMILES string of the molecule is N#CC1=C(C(=O)N2CCC3(CC2)O[C@@H]2CC[C@@H](c4cc(F)cc(F)c4)N2C3=O)CN=C1. The standard InChI is InChI=1S/C22H20F2N4O3/c23-15-7-13(8-16(24)9-15)18-1-2-19-28(18)21(30)22(31-19)3-5-27(6-4-22)20(29)17-12-26-11-14(17)10-25/h7-9,11,18-19H,1-6,12H2/t18-,19+/m0/s1. The molecule has 0 saturated carbocycles. The van der Waals surface area contributed by atoms with E-state index in [0.717, 1.165) is 6.07 Å². The number of halogens is 2. The van der Waals surface area contributed by atoms with Crippen molar-refractivity contribution < 1.29 is 23.1 Å². The lowest BCUT2D eigenvalue weighted by Crippen LogP contribution is -2.52. The van der Waals surface area contributed by atoms with Gasteiger partial charge in [0, 0.05) is 38.2 Å². The maximum Gasteiger partial charge on any atom is 0.257 e. The summed E-state index contributed by atoms with van der Waals surface area (Å²) in [6.45, 7) is 0.847. The highest BCUT2D eigenvalue weighted by Crippen LogP contribution is 2.47. The molecule has 0 N–H and O–H groups in total. The summed E-state index contributed by atoms with van der Waals surface area (Å²) in [5.41, 5.74) is 0.0685. The Morgan fingerprint density at radius 2 is 1.90 bits per heavy atom. The van der Waals surface area contributed by atoms with Crippen LogP contribution in [0, 0.1) is 23.0 Å². The van der Waals surface area contributed by atoms with Crippen LogP contribution in [0.15, 0.2) is 34.3 Å². The molecule has 1 aromatic rings. The van der Waals surface area contributed by atoms with E-state index in [0.29, 0.717) is 49.9 Å². The second-order valence-corrected chi connectivity index (χ2v) is 8.34. The van der Waals surface area contributed by atoms with Crippen LogP contribution in [0.2, 0.25) is 0 Å². The molecule has 0 radical (unpaired) electrons. The van der Waals surface area contributed by atoms with E-state index >= 15 is 0 Å². The molecule has 3 fully saturated rings. The molecule has 2 amide bonds. The highest BCUT2D eigenvalue weighted by Gasteiger charge is 2.58. The quantitative estimate of drug-likeness (QED) is 0.726. The maximum atomic E-state index is 13.7. The van der Waals surface area contributed by atoms with Crippen molar-refractivity contribution in [3.8, 4) is 6.07 Å². The fraction of sp³-hybridized carbons (Fsp3) is 0.455. The van der Waals surface area contributed by atoms with E-state index in [9.17, 15) is 18.4 Å². The molecule has 7 nitrogen and oxygen atoms in total. The molecule has 160 valence electrons. The predicted molar refractivity (Wildman–Crippen MR) is 105 cm³/mol. The number of aliphatic imine (C=N–C) groups is 1. The van der Waals surface area contributed by atoms with Crippen molar-refractivity contribution in [1.82, 2.24) is 9.80 Å². The first kappa shape index (κ1) is 19.8. The molecule has 31 heavy (non-hydrogen) atoms. The highest BCUT2D eigenvalue weighted by molar-refractivity contribution is 6.04. The monoisotopic (exact) mass is 426 g/mol. The minimum Gasteiger partial charge on any atom is -0.342 e. The molecule has 9 heteroatoms. The van der Waals surface area contributed by atoms with Crippen molar-refractivity contribution in [2.75, 3.05) is 19.6 Å². The minimum absolute atomic E-state index is 0.183. The van der Waals surface area contributed by atoms with Gasteiger partial charge in [0.1, 0.15) is 23.9 Å². The van der Waals surface area contributed by atoms with Gasteiger partial charge in [-0.05, 0) is 30.5 Å². The fourth-order valence-corrected chi connectivity index (χ4v) is 5.07. The smallest absolute Gasteiger partial charge is 0.257 e. The van der Waals surface area contributed by atoms with Crippen LogP contribution in [0.1, 0.15) is 37.3 Å². The van der Waals surface area contributed by atoms with Gasteiger partial charge in [0.25, 0.3) is 11.8 Å². The number of likely N-dealkylation sites (tertiary alicyclic amines) is 1. The van der Waals surface area contributed by atoms with Crippen LogP contribution in [0.3, 0.4) is 0 Å². The first-order valence-corrected chi connectivity index (χ1v) is 10.3. The van der Waals surface area contributed by atoms with Gasteiger partial charge in [-0.1, -0.05) is 0 Å². The second-order valence-electron chi connectivity index (χ2n) is 8.34. The normalized spacial score (nSPS) is 26.7. The molecule has 0 unspecified atom stereocenters. The summed E-state index contributed by atoms with van der Waals surface area (Å²) < 4.78 is 33.6. The average Bonchev–Trinajstić information content (AvgIpc) is 3.44. The molecular formula is C22H20F2N4O3. The Bertz CT molecular complexity index is 1050. The zero-order valence-corrected chi connectivity index (χ0v) is 16.7. The number of nitrogens with zero attached hydrogens (tertiary/aromatic N) is 4. The predicted octanol–water partition coefficient (Wildman–Crippen LogP) is 2.25. The van der Waals surface area contributed by atoms with Crippen molar-refractivity contribution in [2.24, 2.45) is 4.99 Å². The van der Waals surface area contributed by atoms with Crippen molar-refractivity contribution in [1.29, 1.82) is 5.26 Å². The van der Waals surface area contributed by atoms with Gasteiger partial charge in [-0.3, -0.25) is 14.6 Å². The molecule has 1 aromatic carbocycles. The van der Waals surface area contributed by atoms with Crippen LogP contribution < -0.4 is 0 Å². The zero-order chi connectivity index (χ0) is 21.8. The van der Waals surface area contributed by atoms with E-state index < -0.39 is 29.5 Å². The largest absolute Gasteiger partial charge is 0.342 e. The van der Waals surface area contributed by atoms with Gasteiger partial charge in [0.15, 0.2) is 5.60 Å². The number of carbonyl (C=O) groups is 2. The van der Waals surface area contributed by atoms with Gasteiger partial charge in [-0.2, -0.15) is 5.26 Å². The van der Waals surface area contributed by atoms with Gasteiger partial charge in [0.2, 0.25) is 0 Å². The van der Waals surface area contributed by atoms with Gasteiger partial charge in [-0.25, -0.2) is 8.78 Å². The van der Waals surface area contributed by atoms with Crippen molar-refractivity contribution in [2.45, 2.75) is 43.6 Å². The number of hydrogen-bond acceptors (Lipinski definition) is 5. The van der Waals surface area contributed by atoms with Gasteiger partial charge in [-0.15, -0.1) is 0 Å². The molecule has 0 aliphatic carbocycles. The number of carbonyl (C=O) groups excluding carboxylic acids is 2. The lowest BCUT2D eigenvalue weighted by Gasteiger charge is -2.37. The lowest BCUT2D eigenvalue weighted by atomic mass is 9.89. The molecular weight excluding hydrogens is 406 g/mol. The molecule has 5 rings (SSSR count). The third-order valence-electron chi connectivity index (χ3n) is 6.62. The Morgan fingerprint density at radius 3 is 2.58 bits per heavy atom. The number of benzene rings is 1.